The van der Waals surface area contributed by atoms with E-state index in [0.717, 1.165) is 0 Å². The maximum absolute atomic E-state index is 12.4. The van der Waals surface area contributed by atoms with Gasteiger partial charge in [0.1, 0.15) is 18.7 Å². The summed E-state index contributed by atoms with van der Waals surface area (Å²) in [7, 11) is -5.32. The number of aromatic nitrogens is 3. The second-order valence-corrected chi connectivity index (χ2v) is 18.7. The van der Waals surface area contributed by atoms with E-state index >= 15 is 0 Å². The Hall–Kier alpha value is -1.12. The number of hydrogen-bond acceptors (Lipinski definition) is 8. The maximum atomic E-state index is 12.4. The Morgan fingerprint density at radius 3 is 2.10 bits per heavy atom. The fourth-order valence-corrected chi connectivity index (χ4v) is 16.1. The molecule has 0 aromatic carbocycles. The van der Waals surface area contributed by atoms with Gasteiger partial charge in [0.25, 0.3) is 0 Å². The molecule has 176 valence electrons. The summed E-state index contributed by atoms with van der Waals surface area (Å²) in [6, 6.07) is 0. The molecular formula is C20H38N4O5Si2. The van der Waals surface area contributed by atoms with Crippen molar-refractivity contribution in [1.29, 1.82) is 0 Å². The standard InChI is InChI=1S/C20H38N4O5Si2/c1-12(2)30(13(3)4)26-10-17-16(28-31(29-30,14(5)6)15(7)8)9-18(27-17)24-11-22-19(21)23-20(24)25/h11-18H,9-10H2,1-8H3,(H2,21,23,25)/t16?,17-,18+/m1/s1. The Kier molecular flexibility index (Phi) is 7.14. The van der Waals surface area contributed by atoms with E-state index in [1.807, 2.05) is 0 Å². The molecule has 2 aliphatic rings. The van der Waals surface area contributed by atoms with E-state index in [1.54, 1.807) is 0 Å². The van der Waals surface area contributed by atoms with Gasteiger partial charge in [0.15, 0.2) is 0 Å². The van der Waals surface area contributed by atoms with Gasteiger partial charge in [0, 0.05) is 6.42 Å². The molecule has 0 spiro atoms. The van der Waals surface area contributed by atoms with Gasteiger partial charge in [-0.2, -0.15) is 4.98 Å². The Morgan fingerprint density at radius 1 is 1.00 bits per heavy atom. The summed E-state index contributed by atoms with van der Waals surface area (Å²) in [6.45, 7) is 17.9. The highest BCUT2D eigenvalue weighted by atomic mass is 28.5. The molecule has 11 heteroatoms. The summed E-state index contributed by atoms with van der Waals surface area (Å²) in [5.41, 5.74) is 6.07. The van der Waals surface area contributed by atoms with Crippen molar-refractivity contribution in [3.05, 3.63) is 16.8 Å². The molecule has 2 fully saturated rings. The van der Waals surface area contributed by atoms with Gasteiger partial charge in [-0.3, -0.25) is 4.57 Å². The lowest BCUT2D eigenvalue weighted by atomic mass is 10.2. The lowest BCUT2D eigenvalue weighted by molar-refractivity contribution is -0.0568. The fraction of sp³-hybridized carbons (Fsp3) is 0.850. The van der Waals surface area contributed by atoms with Gasteiger partial charge in [0.2, 0.25) is 5.95 Å². The average molecular weight is 471 g/mol. The molecule has 3 atom stereocenters. The first-order valence-corrected chi connectivity index (χ1v) is 15.2. The third kappa shape index (κ3) is 4.40. The number of hydrogen-bond donors (Lipinski definition) is 1. The Balaban J connectivity index is 2.01. The van der Waals surface area contributed by atoms with E-state index in [0.29, 0.717) is 13.0 Å². The van der Waals surface area contributed by atoms with Gasteiger partial charge in [-0.1, -0.05) is 55.4 Å². The molecule has 31 heavy (non-hydrogen) atoms. The van der Waals surface area contributed by atoms with Gasteiger partial charge in [-0.05, 0) is 22.2 Å². The summed E-state index contributed by atoms with van der Waals surface area (Å²) in [5, 5.41) is 0. The Labute approximate surface area is 187 Å². The Morgan fingerprint density at radius 2 is 1.58 bits per heavy atom. The third-order valence-corrected chi connectivity index (χ3v) is 16.9. The van der Waals surface area contributed by atoms with E-state index in [1.165, 1.54) is 10.9 Å². The van der Waals surface area contributed by atoms with Crippen LogP contribution in [-0.2, 0) is 17.7 Å². The Bertz CT molecular complexity index is 816. The predicted molar refractivity (Wildman–Crippen MR) is 123 cm³/mol. The fourth-order valence-electron chi connectivity index (χ4n) is 4.86. The first kappa shape index (κ1) is 24.5. The molecule has 3 heterocycles. The van der Waals surface area contributed by atoms with Crippen molar-refractivity contribution >= 4 is 23.1 Å². The van der Waals surface area contributed by atoms with Crippen LogP contribution in [0, 0.1) is 0 Å². The summed E-state index contributed by atoms with van der Waals surface area (Å²) >= 11 is 0. The van der Waals surface area contributed by atoms with E-state index in [9.17, 15) is 4.79 Å². The molecule has 0 radical (unpaired) electrons. The molecule has 0 saturated carbocycles. The monoisotopic (exact) mass is 470 g/mol. The van der Waals surface area contributed by atoms with Crippen molar-refractivity contribution in [2.75, 3.05) is 12.3 Å². The van der Waals surface area contributed by atoms with Crippen LogP contribution in [0.25, 0.3) is 0 Å². The van der Waals surface area contributed by atoms with Crippen molar-refractivity contribution in [3.8, 4) is 0 Å². The minimum Gasteiger partial charge on any atom is -0.414 e. The second-order valence-electron chi connectivity index (χ2n) is 9.90. The van der Waals surface area contributed by atoms with Crippen molar-refractivity contribution in [3.63, 3.8) is 0 Å². The van der Waals surface area contributed by atoms with Crippen molar-refractivity contribution in [1.82, 2.24) is 14.5 Å². The van der Waals surface area contributed by atoms with Crippen LogP contribution in [0.1, 0.15) is 68.0 Å². The molecule has 1 aromatic rings. The summed E-state index contributed by atoms with van der Waals surface area (Å²) in [6.07, 6.45) is 0.869. The van der Waals surface area contributed by atoms with Gasteiger partial charge in [0.05, 0.1) is 12.7 Å². The molecule has 3 rings (SSSR count). The normalized spacial score (nSPS) is 28.2. The number of nitrogens with two attached hydrogens (primary N) is 1. The number of rotatable bonds is 5. The topological polar surface area (TPSA) is 111 Å². The number of nitrogens with zero attached hydrogens (tertiary/aromatic N) is 3. The van der Waals surface area contributed by atoms with E-state index in [4.69, 9.17) is 23.4 Å². The number of nitrogen functional groups attached to an aromatic ring is 1. The quantitative estimate of drug-likeness (QED) is 0.651. The number of fused-ring (bicyclic) bond motifs is 1. The highest BCUT2D eigenvalue weighted by Gasteiger charge is 2.60. The molecule has 0 aliphatic carbocycles. The van der Waals surface area contributed by atoms with Gasteiger partial charge < -0.3 is 23.4 Å². The van der Waals surface area contributed by atoms with Crippen LogP contribution in [0.15, 0.2) is 11.1 Å². The van der Waals surface area contributed by atoms with Crippen LogP contribution in [0.4, 0.5) is 5.95 Å². The molecule has 2 aliphatic heterocycles. The van der Waals surface area contributed by atoms with Crippen molar-refractivity contribution in [2.45, 2.75) is 102 Å². The summed E-state index contributed by atoms with van der Waals surface area (Å²) in [5.74, 6) is -0.0473. The van der Waals surface area contributed by atoms with E-state index < -0.39 is 29.0 Å². The molecule has 2 saturated heterocycles. The summed E-state index contributed by atoms with van der Waals surface area (Å²) in [4.78, 5) is 20.1. The number of anilines is 1. The lowest BCUT2D eigenvalue weighted by Crippen LogP contribution is -2.65. The first-order valence-electron chi connectivity index (χ1n) is 11.3. The van der Waals surface area contributed by atoms with Crippen LogP contribution >= 0.6 is 0 Å². The zero-order valence-electron chi connectivity index (χ0n) is 20.0. The van der Waals surface area contributed by atoms with Crippen LogP contribution < -0.4 is 11.4 Å². The molecule has 1 aromatic heterocycles. The van der Waals surface area contributed by atoms with Crippen molar-refractivity contribution < 1.29 is 17.7 Å². The largest absolute Gasteiger partial charge is 0.414 e. The summed E-state index contributed by atoms with van der Waals surface area (Å²) < 4.78 is 28.5. The maximum Gasteiger partial charge on any atom is 0.354 e. The van der Waals surface area contributed by atoms with Crippen LogP contribution in [0.3, 0.4) is 0 Å². The lowest BCUT2D eigenvalue weighted by Gasteiger charge is -2.51. The third-order valence-electron chi connectivity index (χ3n) is 6.58. The predicted octanol–water partition coefficient (Wildman–Crippen LogP) is 3.46. The van der Waals surface area contributed by atoms with Crippen molar-refractivity contribution in [2.24, 2.45) is 0 Å². The highest BCUT2D eigenvalue weighted by Crippen LogP contribution is 2.48. The molecule has 0 bridgehead atoms. The van der Waals surface area contributed by atoms with E-state index in [2.05, 4.69) is 65.4 Å². The molecule has 0 amide bonds. The molecule has 9 nitrogen and oxygen atoms in total. The highest BCUT2D eigenvalue weighted by molar-refractivity contribution is 6.83. The minimum atomic E-state index is -2.70. The average Bonchev–Trinajstić information content (AvgIpc) is 3.02. The molecule has 1 unspecified atom stereocenters. The van der Waals surface area contributed by atoms with E-state index in [-0.39, 0.29) is 40.3 Å². The van der Waals surface area contributed by atoms with Gasteiger partial charge >= 0.3 is 22.8 Å². The number of ether oxygens (including phenoxy) is 1. The second kappa shape index (κ2) is 9.02. The van der Waals surface area contributed by atoms with Crippen LogP contribution in [0.5, 0.6) is 0 Å². The van der Waals surface area contributed by atoms with Crippen LogP contribution in [-0.4, -0.2) is 50.5 Å². The van der Waals surface area contributed by atoms with Gasteiger partial charge in [-0.15, -0.1) is 0 Å². The minimum absolute atomic E-state index is 0.0473. The van der Waals surface area contributed by atoms with Gasteiger partial charge in [-0.25, -0.2) is 9.78 Å². The molecular weight excluding hydrogens is 432 g/mol. The smallest absolute Gasteiger partial charge is 0.354 e. The molecule has 2 N–H and O–H groups in total. The van der Waals surface area contributed by atoms with Crippen LogP contribution in [0.2, 0.25) is 22.2 Å². The first-order chi connectivity index (χ1) is 14.4. The SMILES string of the molecule is CC(C)[Si]1(C(C)C)OC[C@H]2O[C@H](n3cnc(N)nc3=O)CC2O[Si](C(C)C)(C(C)C)O1. The zero-order chi connectivity index (χ0) is 23.1. The zero-order valence-corrected chi connectivity index (χ0v) is 22.0.